The van der Waals surface area contributed by atoms with E-state index in [-0.39, 0.29) is 37.4 Å². The Morgan fingerprint density at radius 3 is 2.31 bits per heavy atom. The fourth-order valence-corrected chi connectivity index (χ4v) is 2.52. The minimum atomic E-state index is -1.89. The number of nitrogens with zero attached hydrogens (tertiary/aromatic N) is 1. The Morgan fingerprint density at radius 1 is 1.10 bits per heavy atom. The summed E-state index contributed by atoms with van der Waals surface area (Å²) in [4.78, 5) is 47.4. The zero-order chi connectivity index (χ0) is 21.9. The van der Waals surface area contributed by atoms with E-state index in [1.54, 1.807) is 25.1 Å². The molecule has 1 atom stereocenters. The molecule has 0 N–H and O–H groups in total. The predicted molar refractivity (Wildman–Crippen MR) is 103 cm³/mol. The van der Waals surface area contributed by atoms with Crippen LogP contribution in [0, 0.1) is 15.5 Å². The minimum absolute atomic E-state index is 0.0116. The van der Waals surface area contributed by atoms with Gasteiger partial charge in [-0.3, -0.25) is 19.7 Å². The lowest BCUT2D eigenvalue weighted by molar-refractivity contribution is -0.482. The van der Waals surface area contributed by atoms with E-state index in [1.807, 2.05) is 0 Å². The van der Waals surface area contributed by atoms with Crippen molar-refractivity contribution >= 4 is 17.9 Å². The van der Waals surface area contributed by atoms with Gasteiger partial charge in [-0.15, -0.1) is 0 Å². The van der Waals surface area contributed by atoms with E-state index in [2.05, 4.69) is 6.58 Å². The van der Waals surface area contributed by atoms with Crippen LogP contribution >= 0.6 is 0 Å². The molecule has 1 aromatic rings. The Labute approximate surface area is 168 Å². The van der Waals surface area contributed by atoms with E-state index in [0.717, 1.165) is 0 Å². The Bertz CT molecular complexity index is 746. The largest absolute Gasteiger partial charge is 0.465 e. The molecule has 0 saturated carbocycles. The molecule has 0 aromatic heterocycles. The van der Waals surface area contributed by atoms with Gasteiger partial charge in [-0.25, -0.2) is 4.79 Å². The summed E-state index contributed by atoms with van der Waals surface area (Å²) >= 11 is 0. The highest BCUT2D eigenvalue weighted by Crippen LogP contribution is 2.33. The number of nitro groups is 1. The van der Waals surface area contributed by atoms with Crippen LogP contribution in [0.5, 0.6) is 5.75 Å². The SMILES string of the molecule is C=C(C)C(=O)OCCCC(CC[N+](=O)[O-])(C(=O)OCC)C(=O)Oc1ccccc1. The smallest absolute Gasteiger partial charge is 0.333 e. The van der Waals surface area contributed by atoms with Gasteiger partial charge in [-0.05, 0) is 38.8 Å². The maximum atomic E-state index is 12.9. The molecule has 29 heavy (non-hydrogen) atoms. The van der Waals surface area contributed by atoms with Gasteiger partial charge in [0, 0.05) is 16.9 Å². The van der Waals surface area contributed by atoms with E-state index in [9.17, 15) is 24.5 Å². The van der Waals surface area contributed by atoms with Crippen LogP contribution in [0.3, 0.4) is 0 Å². The lowest BCUT2D eigenvalue weighted by Gasteiger charge is -2.28. The van der Waals surface area contributed by atoms with Crippen molar-refractivity contribution in [3.8, 4) is 5.75 Å². The molecule has 0 aliphatic carbocycles. The van der Waals surface area contributed by atoms with Crippen molar-refractivity contribution in [1.29, 1.82) is 0 Å². The molecular formula is C20H25NO8. The average Bonchev–Trinajstić information content (AvgIpc) is 2.68. The van der Waals surface area contributed by atoms with Crippen LogP contribution in [0.4, 0.5) is 0 Å². The number of carbonyl (C=O) groups is 3. The second kappa shape index (κ2) is 11.6. The van der Waals surface area contributed by atoms with Gasteiger partial charge in [0.1, 0.15) is 5.75 Å². The van der Waals surface area contributed by atoms with Crippen molar-refractivity contribution in [2.24, 2.45) is 5.41 Å². The van der Waals surface area contributed by atoms with Gasteiger partial charge in [0.05, 0.1) is 13.2 Å². The molecule has 1 rings (SSSR count). The highest BCUT2D eigenvalue weighted by atomic mass is 16.6. The Hall–Kier alpha value is -3.23. The molecule has 0 spiro atoms. The standard InChI is InChI=1S/C20H25NO8/c1-4-27-18(23)20(12-13-21(25)26,11-8-14-28-17(22)15(2)3)19(24)29-16-9-6-5-7-10-16/h5-7,9-10H,2,4,8,11-14H2,1,3H3. The van der Waals surface area contributed by atoms with E-state index in [4.69, 9.17) is 14.2 Å². The molecule has 0 heterocycles. The zero-order valence-corrected chi connectivity index (χ0v) is 16.5. The maximum Gasteiger partial charge on any atom is 0.333 e. The lowest BCUT2D eigenvalue weighted by Crippen LogP contribution is -2.45. The summed E-state index contributed by atoms with van der Waals surface area (Å²) < 4.78 is 15.3. The van der Waals surface area contributed by atoms with Crippen LogP contribution < -0.4 is 4.74 Å². The third-order valence-corrected chi connectivity index (χ3v) is 4.06. The molecule has 158 valence electrons. The fourth-order valence-electron chi connectivity index (χ4n) is 2.52. The summed E-state index contributed by atoms with van der Waals surface area (Å²) in [6.07, 6.45) is -0.451. The number of carbonyl (C=O) groups excluding carboxylic acids is 3. The summed E-state index contributed by atoms with van der Waals surface area (Å²) in [5.74, 6) is -2.27. The number of esters is 3. The summed E-state index contributed by atoms with van der Waals surface area (Å²) in [6, 6.07) is 8.05. The van der Waals surface area contributed by atoms with Crippen molar-refractivity contribution < 1.29 is 33.5 Å². The van der Waals surface area contributed by atoms with Crippen LogP contribution in [0.25, 0.3) is 0 Å². The first-order valence-electron chi connectivity index (χ1n) is 9.12. The molecule has 9 nitrogen and oxygen atoms in total. The highest BCUT2D eigenvalue weighted by Gasteiger charge is 2.49. The quantitative estimate of drug-likeness (QED) is 0.0986. The molecule has 0 amide bonds. The fraction of sp³-hybridized carbons (Fsp3) is 0.450. The van der Waals surface area contributed by atoms with Crippen molar-refractivity contribution in [1.82, 2.24) is 0 Å². The number of hydrogen-bond acceptors (Lipinski definition) is 8. The maximum absolute atomic E-state index is 12.9. The van der Waals surface area contributed by atoms with Crippen LogP contribution in [0.15, 0.2) is 42.5 Å². The number of hydrogen-bond donors (Lipinski definition) is 0. The van der Waals surface area contributed by atoms with Gasteiger partial charge in [-0.2, -0.15) is 0 Å². The van der Waals surface area contributed by atoms with E-state index >= 15 is 0 Å². The molecular weight excluding hydrogens is 382 g/mol. The van der Waals surface area contributed by atoms with Crippen molar-refractivity contribution in [2.75, 3.05) is 19.8 Å². The van der Waals surface area contributed by atoms with Gasteiger partial charge in [0.25, 0.3) is 0 Å². The average molecular weight is 407 g/mol. The first-order chi connectivity index (χ1) is 13.7. The molecule has 0 radical (unpaired) electrons. The lowest BCUT2D eigenvalue weighted by atomic mass is 9.80. The molecule has 1 aromatic carbocycles. The van der Waals surface area contributed by atoms with Gasteiger partial charge in [0.15, 0.2) is 5.41 Å². The Morgan fingerprint density at radius 2 is 1.76 bits per heavy atom. The van der Waals surface area contributed by atoms with Gasteiger partial charge in [-0.1, -0.05) is 24.8 Å². The zero-order valence-electron chi connectivity index (χ0n) is 16.5. The number of benzene rings is 1. The normalized spacial score (nSPS) is 12.3. The van der Waals surface area contributed by atoms with Gasteiger partial charge >= 0.3 is 17.9 Å². The molecule has 0 aliphatic rings. The van der Waals surface area contributed by atoms with Crippen LogP contribution in [0.2, 0.25) is 0 Å². The second-order valence-electron chi connectivity index (χ2n) is 6.33. The van der Waals surface area contributed by atoms with Crippen molar-refractivity contribution in [3.63, 3.8) is 0 Å². The van der Waals surface area contributed by atoms with E-state index in [0.29, 0.717) is 0 Å². The minimum Gasteiger partial charge on any atom is -0.465 e. The summed E-state index contributed by atoms with van der Waals surface area (Å²) in [7, 11) is 0. The molecule has 0 aliphatic heterocycles. The first kappa shape index (κ1) is 23.8. The number of ether oxygens (including phenoxy) is 3. The number of para-hydroxylation sites is 1. The topological polar surface area (TPSA) is 122 Å². The monoisotopic (exact) mass is 407 g/mol. The third kappa shape index (κ3) is 7.36. The van der Waals surface area contributed by atoms with Crippen LogP contribution in [-0.4, -0.2) is 42.6 Å². The van der Waals surface area contributed by atoms with Gasteiger partial charge in [0.2, 0.25) is 6.54 Å². The van der Waals surface area contributed by atoms with Crippen molar-refractivity contribution in [3.05, 3.63) is 52.6 Å². The van der Waals surface area contributed by atoms with E-state index < -0.39 is 41.2 Å². The van der Waals surface area contributed by atoms with E-state index in [1.165, 1.54) is 19.1 Å². The Kier molecular flexibility index (Phi) is 9.50. The first-order valence-corrected chi connectivity index (χ1v) is 9.12. The van der Waals surface area contributed by atoms with Crippen LogP contribution in [0.1, 0.15) is 33.1 Å². The molecule has 0 bridgehead atoms. The summed E-state index contributed by atoms with van der Waals surface area (Å²) in [5.41, 5.74) is -1.69. The summed E-state index contributed by atoms with van der Waals surface area (Å²) in [5, 5.41) is 10.9. The van der Waals surface area contributed by atoms with Crippen molar-refractivity contribution in [2.45, 2.75) is 33.1 Å². The molecule has 0 fully saturated rings. The molecule has 0 saturated heterocycles. The highest BCUT2D eigenvalue weighted by molar-refractivity contribution is 6.00. The van der Waals surface area contributed by atoms with Gasteiger partial charge < -0.3 is 14.2 Å². The van der Waals surface area contributed by atoms with Crippen LogP contribution in [-0.2, 0) is 23.9 Å². The predicted octanol–water partition coefficient (Wildman–Crippen LogP) is 2.71. The second-order valence-corrected chi connectivity index (χ2v) is 6.33. The molecule has 9 heteroatoms. The summed E-state index contributed by atoms with van der Waals surface area (Å²) in [6.45, 7) is 5.77. The number of rotatable bonds is 12. The Balaban J connectivity index is 3.06. The third-order valence-electron chi connectivity index (χ3n) is 4.06. The molecule has 1 unspecified atom stereocenters.